The summed E-state index contributed by atoms with van der Waals surface area (Å²) in [7, 11) is 1.70. The number of hydrogen-bond acceptors (Lipinski definition) is 1. The largest absolute Gasteiger partial charge is 0.497 e. The van der Waals surface area contributed by atoms with Crippen molar-refractivity contribution in [1.29, 1.82) is 0 Å². The minimum atomic E-state index is 0.278. The van der Waals surface area contributed by atoms with E-state index >= 15 is 0 Å². The van der Waals surface area contributed by atoms with Crippen LogP contribution in [0, 0.1) is 0 Å². The van der Waals surface area contributed by atoms with Crippen LogP contribution in [0.4, 0.5) is 0 Å². The van der Waals surface area contributed by atoms with Crippen molar-refractivity contribution >= 4 is 11.6 Å². The van der Waals surface area contributed by atoms with Gasteiger partial charge >= 0.3 is 0 Å². The molecule has 0 radical (unpaired) electrons. The molecule has 0 saturated heterocycles. The van der Waals surface area contributed by atoms with Crippen LogP contribution in [0.5, 0.6) is 5.75 Å². The normalized spacial score (nSPS) is 15.9. The third-order valence-corrected chi connectivity index (χ3v) is 4.47. The van der Waals surface area contributed by atoms with E-state index in [1.807, 2.05) is 12.1 Å². The van der Waals surface area contributed by atoms with Gasteiger partial charge in [0.2, 0.25) is 0 Å². The Hall–Kier alpha value is -2.80. The van der Waals surface area contributed by atoms with Crippen molar-refractivity contribution in [3.8, 4) is 5.75 Å². The van der Waals surface area contributed by atoms with Gasteiger partial charge in [0, 0.05) is 5.92 Å². The molecule has 1 aliphatic rings. The number of fused-ring (bicyclic) bond motifs is 1. The van der Waals surface area contributed by atoms with Crippen molar-refractivity contribution in [1.82, 2.24) is 0 Å². The number of benzene rings is 3. The van der Waals surface area contributed by atoms with Gasteiger partial charge in [-0.05, 0) is 39.3 Å². The molecule has 0 fully saturated rings. The van der Waals surface area contributed by atoms with Crippen LogP contribution in [0.2, 0.25) is 0 Å². The molecule has 112 valence electrons. The standard InChI is InChI=1S/C22H18O/c1-23-19-13-11-16(12-14-19)21-15-18-9-5-6-10-20(18)22(21)17-7-3-2-4-8-17/h2-15,21H,1H3. The van der Waals surface area contributed by atoms with E-state index in [-0.39, 0.29) is 5.92 Å². The van der Waals surface area contributed by atoms with E-state index in [0.29, 0.717) is 0 Å². The summed E-state index contributed by atoms with van der Waals surface area (Å²) in [6.45, 7) is 0. The van der Waals surface area contributed by atoms with Crippen LogP contribution in [0.3, 0.4) is 0 Å². The maximum Gasteiger partial charge on any atom is 0.118 e. The van der Waals surface area contributed by atoms with Crippen molar-refractivity contribution in [2.75, 3.05) is 7.11 Å². The van der Waals surface area contributed by atoms with Gasteiger partial charge in [-0.3, -0.25) is 0 Å². The summed E-state index contributed by atoms with van der Waals surface area (Å²) >= 11 is 0. The molecule has 0 spiro atoms. The summed E-state index contributed by atoms with van der Waals surface area (Å²) in [5.74, 6) is 1.17. The van der Waals surface area contributed by atoms with E-state index in [1.165, 1.54) is 27.1 Å². The Morgan fingerprint density at radius 1 is 0.739 bits per heavy atom. The Labute approximate surface area is 136 Å². The minimum absolute atomic E-state index is 0.278. The Bertz CT molecular complexity index is 937. The highest BCUT2D eigenvalue weighted by molar-refractivity contribution is 5.80. The highest BCUT2D eigenvalue weighted by Crippen LogP contribution is 2.33. The van der Waals surface area contributed by atoms with Crippen LogP contribution in [0.1, 0.15) is 17.0 Å². The van der Waals surface area contributed by atoms with Gasteiger partial charge in [0.05, 0.1) is 7.11 Å². The van der Waals surface area contributed by atoms with Crippen LogP contribution in [-0.4, -0.2) is 7.11 Å². The van der Waals surface area contributed by atoms with E-state index in [2.05, 4.69) is 72.8 Å². The van der Waals surface area contributed by atoms with Crippen LogP contribution in [-0.2, 0) is 0 Å². The molecular formula is C22H18O. The molecule has 0 saturated carbocycles. The predicted molar refractivity (Wildman–Crippen MR) is 94.8 cm³/mol. The van der Waals surface area contributed by atoms with Crippen molar-refractivity contribution < 1.29 is 4.74 Å². The number of ether oxygens (including phenoxy) is 1. The minimum Gasteiger partial charge on any atom is -0.497 e. The smallest absolute Gasteiger partial charge is 0.118 e. The number of methoxy groups -OCH3 is 1. The highest BCUT2D eigenvalue weighted by Gasteiger charge is 2.21. The molecule has 0 bridgehead atoms. The van der Waals surface area contributed by atoms with Crippen molar-refractivity contribution in [2.45, 2.75) is 5.92 Å². The summed E-state index contributed by atoms with van der Waals surface area (Å²) in [6.07, 6.45) is 2.36. The SMILES string of the molecule is COc1ccc(C2C=c3ccccc3=C2c2ccccc2)cc1. The summed E-state index contributed by atoms with van der Waals surface area (Å²) in [4.78, 5) is 0. The molecule has 0 amide bonds. The average molecular weight is 298 g/mol. The average Bonchev–Trinajstić information content (AvgIpc) is 3.02. The molecule has 1 aliphatic carbocycles. The molecular weight excluding hydrogens is 280 g/mol. The van der Waals surface area contributed by atoms with E-state index in [9.17, 15) is 0 Å². The van der Waals surface area contributed by atoms with Gasteiger partial charge in [-0.15, -0.1) is 0 Å². The fourth-order valence-electron chi connectivity index (χ4n) is 3.34. The number of rotatable bonds is 3. The van der Waals surface area contributed by atoms with Crippen LogP contribution in [0.15, 0.2) is 78.9 Å². The second kappa shape index (κ2) is 5.77. The summed E-state index contributed by atoms with van der Waals surface area (Å²) in [6, 6.07) is 27.7. The first-order chi connectivity index (χ1) is 11.4. The maximum atomic E-state index is 5.29. The maximum absolute atomic E-state index is 5.29. The highest BCUT2D eigenvalue weighted by atomic mass is 16.5. The van der Waals surface area contributed by atoms with Gasteiger partial charge in [0.15, 0.2) is 0 Å². The number of hydrogen-bond donors (Lipinski definition) is 0. The van der Waals surface area contributed by atoms with E-state index < -0.39 is 0 Å². The topological polar surface area (TPSA) is 9.23 Å². The van der Waals surface area contributed by atoms with Gasteiger partial charge in [-0.1, -0.05) is 72.8 Å². The van der Waals surface area contributed by atoms with Crippen molar-refractivity contribution in [3.05, 3.63) is 100 Å². The first-order valence-electron chi connectivity index (χ1n) is 7.87. The summed E-state index contributed by atoms with van der Waals surface area (Å²) in [5.41, 5.74) is 3.96. The third kappa shape index (κ3) is 2.44. The van der Waals surface area contributed by atoms with E-state index in [1.54, 1.807) is 7.11 Å². The predicted octanol–water partition coefficient (Wildman–Crippen LogP) is 3.47. The van der Waals surface area contributed by atoms with E-state index in [4.69, 9.17) is 4.74 Å². The molecule has 1 heteroatoms. The Morgan fingerprint density at radius 3 is 2.17 bits per heavy atom. The molecule has 0 heterocycles. The lowest BCUT2D eigenvalue weighted by Gasteiger charge is -2.15. The second-order valence-electron chi connectivity index (χ2n) is 5.78. The van der Waals surface area contributed by atoms with Crippen LogP contribution < -0.4 is 15.2 Å². The molecule has 1 nitrogen and oxygen atoms in total. The second-order valence-corrected chi connectivity index (χ2v) is 5.78. The lowest BCUT2D eigenvalue weighted by molar-refractivity contribution is 0.414. The van der Waals surface area contributed by atoms with Gasteiger partial charge in [-0.2, -0.15) is 0 Å². The van der Waals surface area contributed by atoms with E-state index in [0.717, 1.165) is 5.75 Å². The first-order valence-corrected chi connectivity index (χ1v) is 7.87. The molecule has 3 aromatic carbocycles. The molecule has 0 aromatic heterocycles. The fourth-order valence-corrected chi connectivity index (χ4v) is 3.34. The third-order valence-electron chi connectivity index (χ3n) is 4.47. The molecule has 4 rings (SSSR count). The fraction of sp³-hybridized carbons (Fsp3) is 0.0909. The molecule has 3 aromatic rings. The monoisotopic (exact) mass is 298 g/mol. The van der Waals surface area contributed by atoms with Gasteiger partial charge < -0.3 is 4.74 Å². The Morgan fingerprint density at radius 2 is 1.43 bits per heavy atom. The Balaban J connectivity index is 1.91. The molecule has 0 aliphatic heterocycles. The first kappa shape index (κ1) is 13.8. The van der Waals surface area contributed by atoms with Gasteiger partial charge in [0.25, 0.3) is 0 Å². The zero-order valence-electron chi connectivity index (χ0n) is 13.1. The quantitative estimate of drug-likeness (QED) is 0.719. The molecule has 0 N–H and O–H groups in total. The van der Waals surface area contributed by atoms with Gasteiger partial charge in [0.1, 0.15) is 5.75 Å². The molecule has 23 heavy (non-hydrogen) atoms. The zero-order chi connectivity index (χ0) is 15.6. The van der Waals surface area contributed by atoms with Gasteiger partial charge in [-0.25, -0.2) is 0 Å². The van der Waals surface area contributed by atoms with Crippen LogP contribution >= 0.6 is 0 Å². The molecule has 1 atom stereocenters. The van der Waals surface area contributed by atoms with Crippen LogP contribution in [0.25, 0.3) is 11.6 Å². The Kier molecular flexibility index (Phi) is 3.47. The van der Waals surface area contributed by atoms with Crippen molar-refractivity contribution in [2.24, 2.45) is 0 Å². The summed E-state index contributed by atoms with van der Waals surface area (Å²) < 4.78 is 5.29. The molecule has 1 unspecified atom stereocenters. The lowest BCUT2D eigenvalue weighted by Crippen LogP contribution is -2.22. The lowest BCUT2D eigenvalue weighted by atomic mass is 9.88. The van der Waals surface area contributed by atoms with Crippen molar-refractivity contribution in [3.63, 3.8) is 0 Å². The summed E-state index contributed by atoms with van der Waals surface area (Å²) in [5, 5.41) is 2.65. The zero-order valence-corrected chi connectivity index (χ0v) is 13.1.